The molecule has 4 N–H and O–H groups in total. The third-order valence-electron chi connectivity index (χ3n) is 10.7. The van der Waals surface area contributed by atoms with E-state index in [4.69, 9.17) is 0 Å². The molecule has 4 saturated carbocycles. The van der Waals surface area contributed by atoms with Gasteiger partial charge in [0.15, 0.2) is 0 Å². The Morgan fingerprint density at radius 2 is 1.67 bits per heavy atom. The summed E-state index contributed by atoms with van der Waals surface area (Å²) in [4.78, 5) is 0. The summed E-state index contributed by atoms with van der Waals surface area (Å²) < 4.78 is 0. The van der Waals surface area contributed by atoms with Crippen LogP contribution in [0.15, 0.2) is 0 Å². The van der Waals surface area contributed by atoms with E-state index in [0.29, 0.717) is 29.6 Å². The Hall–Kier alpha value is -0.160. The van der Waals surface area contributed by atoms with Gasteiger partial charge in [-0.3, -0.25) is 0 Å². The van der Waals surface area contributed by atoms with Crippen LogP contribution in [0, 0.1) is 46.3 Å². The van der Waals surface area contributed by atoms with Gasteiger partial charge in [-0.25, -0.2) is 0 Å². The Bertz CT molecular complexity index is 629. The summed E-state index contributed by atoms with van der Waals surface area (Å²) >= 11 is 0. The molecule has 0 saturated heterocycles. The van der Waals surface area contributed by atoms with Gasteiger partial charge in [-0.2, -0.15) is 0 Å². The molecule has 0 aromatic carbocycles. The van der Waals surface area contributed by atoms with Crippen molar-refractivity contribution in [1.82, 2.24) is 0 Å². The van der Waals surface area contributed by atoms with Gasteiger partial charge in [0, 0.05) is 0 Å². The van der Waals surface area contributed by atoms with E-state index in [1.807, 2.05) is 13.8 Å². The van der Waals surface area contributed by atoms with E-state index in [2.05, 4.69) is 20.8 Å². The van der Waals surface area contributed by atoms with Crippen molar-refractivity contribution in [3.05, 3.63) is 0 Å². The summed E-state index contributed by atoms with van der Waals surface area (Å²) in [7, 11) is 0. The van der Waals surface area contributed by atoms with E-state index in [9.17, 15) is 20.4 Å². The number of fused-ring (bicyclic) bond motifs is 5. The molecule has 4 heteroatoms. The van der Waals surface area contributed by atoms with Gasteiger partial charge in [0.1, 0.15) is 0 Å². The van der Waals surface area contributed by atoms with Crippen LogP contribution in [0.2, 0.25) is 0 Å². The van der Waals surface area contributed by atoms with E-state index >= 15 is 0 Å². The molecule has 4 fully saturated rings. The molecule has 4 rings (SSSR count). The SMILES string of the molecule is C[C@H](CCC(C)(C)O)[C@H]1CC[C@H]2[C@@H]3[C@H](O)C[C@H]4C[C@@H](O)CC[C@]4(C)[C@H]3C[C@@H](O)[C@]12C. The standard InChI is InChI=1S/C26H46O4/c1-15(8-10-24(2,3)30)18-6-7-19-23-20(14-22(29)26(18,19)5)25(4)11-9-17(27)12-16(25)13-21(23)28/h15-23,27-30H,6-14H2,1-5H3/t15-,16-,17+,18-,19+,20+,21-,22-,23+,25+,26-/m1/s1. The number of hydrogen-bond donors (Lipinski definition) is 4. The largest absolute Gasteiger partial charge is 0.393 e. The predicted octanol–water partition coefficient (Wildman–Crippen LogP) is 4.14. The Labute approximate surface area is 183 Å². The summed E-state index contributed by atoms with van der Waals surface area (Å²) in [6, 6.07) is 0. The van der Waals surface area contributed by atoms with Crippen LogP contribution in [-0.2, 0) is 0 Å². The number of hydrogen-bond acceptors (Lipinski definition) is 4. The molecule has 4 nitrogen and oxygen atoms in total. The zero-order valence-electron chi connectivity index (χ0n) is 19.8. The van der Waals surface area contributed by atoms with Crippen molar-refractivity contribution >= 4 is 0 Å². The summed E-state index contributed by atoms with van der Waals surface area (Å²) in [6.07, 6.45) is 7.46. The summed E-state index contributed by atoms with van der Waals surface area (Å²) in [5, 5.41) is 43.4. The van der Waals surface area contributed by atoms with E-state index in [1.54, 1.807) is 0 Å². The molecule has 0 amide bonds. The second-order valence-corrected chi connectivity index (χ2v) is 12.9. The van der Waals surface area contributed by atoms with Crippen molar-refractivity contribution < 1.29 is 20.4 Å². The molecule has 4 aliphatic carbocycles. The molecule has 11 atom stereocenters. The fourth-order valence-corrected chi connectivity index (χ4v) is 8.91. The molecule has 0 spiro atoms. The maximum atomic E-state index is 11.6. The molecule has 0 aromatic rings. The summed E-state index contributed by atoms with van der Waals surface area (Å²) in [5.41, 5.74) is -0.646. The first-order chi connectivity index (χ1) is 13.9. The minimum Gasteiger partial charge on any atom is -0.393 e. The Morgan fingerprint density at radius 3 is 2.33 bits per heavy atom. The highest BCUT2D eigenvalue weighted by molar-refractivity contribution is 5.14. The first-order valence-corrected chi connectivity index (χ1v) is 12.6. The van der Waals surface area contributed by atoms with Crippen LogP contribution in [0.1, 0.15) is 92.4 Å². The maximum absolute atomic E-state index is 11.6. The number of aliphatic hydroxyl groups is 4. The smallest absolute Gasteiger partial charge is 0.0602 e. The molecule has 0 radical (unpaired) electrons. The minimum absolute atomic E-state index is 0.135. The van der Waals surface area contributed by atoms with Crippen LogP contribution in [0.4, 0.5) is 0 Å². The molecule has 0 heterocycles. The fraction of sp³-hybridized carbons (Fsp3) is 1.00. The van der Waals surface area contributed by atoms with Crippen molar-refractivity contribution in [2.24, 2.45) is 46.3 Å². The van der Waals surface area contributed by atoms with Crippen LogP contribution in [-0.4, -0.2) is 44.3 Å². The molecular weight excluding hydrogens is 376 g/mol. The molecule has 174 valence electrons. The minimum atomic E-state index is -0.641. The fourth-order valence-electron chi connectivity index (χ4n) is 8.91. The van der Waals surface area contributed by atoms with Crippen LogP contribution < -0.4 is 0 Å². The van der Waals surface area contributed by atoms with Gasteiger partial charge in [-0.05, 0) is 118 Å². The Morgan fingerprint density at radius 1 is 0.967 bits per heavy atom. The first-order valence-electron chi connectivity index (χ1n) is 12.6. The third-order valence-corrected chi connectivity index (χ3v) is 10.7. The van der Waals surface area contributed by atoms with Gasteiger partial charge in [0.2, 0.25) is 0 Å². The quantitative estimate of drug-likeness (QED) is 0.549. The highest BCUT2D eigenvalue weighted by Crippen LogP contribution is 2.68. The molecule has 30 heavy (non-hydrogen) atoms. The number of rotatable bonds is 4. The van der Waals surface area contributed by atoms with Gasteiger partial charge < -0.3 is 20.4 Å². The summed E-state index contributed by atoms with van der Waals surface area (Å²) in [6.45, 7) is 10.8. The lowest BCUT2D eigenvalue weighted by Gasteiger charge is -2.63. The molecule has 0 aromatic heterocycles. The van der Waals surface area contributed by atoms with Gasteiger partial charge in [-0.1, -0.05) is 20.8 Å². The topological polar surface area (TPSA) is 80.9 Å². The average molecular weight is 423 g/mol. The lowest BCUT2D eigenvalue weighted by molar-refractivity contribution is -0.207. The molecule has 0 aliphatic heterocycles. The highest BCUT2D eigenvalue weighted by Gasteiger charge is 2.65. The van der Waals surface area contributed by atoms with Crippen molar-refractivity contribution in [2.75, 3.05) is 0 Å². The number of aliphatic hydroxyl groups excluding tert-OH is 3. The average Bonchev–Trinajstić information content (AvgIpc) is 3.00. The monoisotopic (exact) mass is 422 g/mol. The zero-order valence-corrected chi connectivity index (χ0v) is 19.8. The summed E-state index contributed by atoms with van der Waals surface area (Å²) in [5.74, 6) is 2.30. The Kier molecular flexibility index (Phi) is 5.92. The maximum Gasteiger partial charge on any atom is 0.0602 e. The second kappa shape index (κ2) is 7.71. The van der Waals surface area contributed by atoms with Crippen LogP contribution in [0.25, 0.3) is 0 Å². The Balaban J connectivity index is 1.59. The second-order valence-electron chi connectivity index (χ2n) is 12.9. The first kappa shape index (κ1) is 23.0. The van der Waals surface area contributed by atoms with Crippen molar-refractivity contribution in [3.8, 4) is 0 Å². The van der Waals surface area contributed by atoms with Gasteiger partial charge in [0.05, 0.1) is 23.9 Å². The normalized spacial score (nSPS) is 52.3. The highest BCUT2D eigenvalue weighted by atomic mass is 16.3. The van der Waals surface area contributed by atoms with Gasteiger partial charge in [0.25, 0.3) is 0 Å². The lowest BCUT2D eigenvalue weighted by atomic mass is 9.43. The lowest BCUT2D eigenvalue weighted by Crippen LogP contribution is -2.62. The zero-order chi connectivity index (χ0) is 22.1. The molecule has 0 unspecified atom stereocenters. The van der Waals surface area contributed by atoms with Gasteiger partial charge in [-0.15, -0.1) is 0 Å². The van der Waals surface area contributed by atoms with Crippen molar-refractivity contribution in [1.29, 1.82) is 0 Å². The third kappa shape index (κ3) is 3.58. The van der Waals surface area contributed by atoms with E-state index < -0.39 is 5.60 Å². The van der Waals surface area contributed by atoms with E-state index in [1.165, 1.54) is 0 Å². The molecular formula is C26H46O4. The van der Waals surface area contributed by atoms with Crippen LogP contribution in [0.3, 0.4) is 0 Å². The van der Waals surface area contributed by atoms with Gasteiger partial charge >= 0.3 is 0 Å². The van der Waals surface area contributed by atoms with Crippen LogP contribution in [0.5, 0.6) is 0 Å². The molecule has 0 bridgehead atoms. The van der Waals surface area contributed by atoms with Crippen molar-refractivity contribution in [3.63, 3.8) is 0 Å². The van der Waals surface area contributed by atoms with E-state index in [-0.39, 0.29) is 35.1 Å². The molecule has 4 aliphatic rings. The van der Waals surface area contributed by atoms with E-state index in [0.717, 1.165) is 57.8 Å². The predicted molar refractivity (Wildman–Crippen MR) is 119 cm³/mol. The van der Waals surface area contributed by atoms with Crippen molar-refractivity contribution in [2.45, 2.75) is 116 Å². The van der Waals surface area contributed by atoms with Crippen LogP contribution >= 0.6 is 0 Å².